The molecule has 0 bridgehead atoms. The lowest BCUT2D eigenvalue weighted by Gasteiger charge is -2.31. The van der Waals surface area contributed by atoms with Crippen LogP contribution >= 0.6 is 0 Å². The molecule has 0 heterocycles. The van der Waals surface area contributed by atoms with Crippen LogP contribution in [0.5, 0.6) is 0 Å². The molecule has 0 aliphatic rings. The number of hydrogen-bond donors (Lipinski definition) is 2. The van der Waals surface area contributed by atoms with Crippen LogP contribution in [0.1, 0.15) is 24.2 Å². The zero-order chi connectivity index (χ0) is 16.4. The van der Waals surface area contributed by atoms with E-state index in [2.05, 4.69) is 4.72 Å². The van der Waals surface area contributed by atoms with E-state index in [1.54, 1.807) is 0 Å². The van der Waals surface area contributed by atoms with Gasteiger partial charge in [-0.3, -0.25) is 4.79 Å². The van der Waals surface area contributed by atoms with E-state index in [0.29, 0.717) is 0 Å². The van der Waals surface area contributed by atoms with Gasteiger partial charge in [-0.15, -0.1) is 0 Å². The van der Waals surface area contributed by atoms with Crippen molar-refractivity contribution in [3.8, 4) is 0 Å². The molecule has 116 valence electrons. The van der Waals surface area contributed by atoms with Crippen molar-refractivity contribution >= 4 is 21.9 Å². The summed E-state index contributed by atoms with van der Waals surface area (Å²) in [5.41, 5.74) is -1.16. The largest absolute Gasteiger partial charge is 0.480 e. The summed E-state index contributed by atoms with van der Waals surface area (Å²) in [6.45, 7) is 2.82. The van der Waals surface area contributed by atoms with E-state index in [-0.39, 0.29) is 10.5 Å². The van der Waals surface area contributed by atoms with Gasteiger partial charge in [-0.05, 0) is 45.2 Å². The standard InChI is InChI=1S/C13H18N2O5S/c1-13(2,12(17)18)15(4)11(16)9-5-7-10(8-6-9)21(19,20)14-3/h5-8,14H,1-4H3,(H,17,18). The summed E-state index contributed by atoms with van der Waals surface area (Å²) in [4.78, 5) is 24.5. The first kappa shape index (κ1) is 17.1. The molecule has 0 aliphatic carbocycles. The summed E-state index contributed by atoms with van der Waals surface area (Å²) in [6.07, 6.45) is 0. The highest BCUT2D eigenvalue weighted by Crippen LogP contribution is 2.17. The van der Waals surface area contributed by atoms with E-state index >= 15 is 0 Å². The number of carbonyl (C=O) groups excluding carboxylic acids is 1. The van der Waals surface area contributed by atoms with E-state index in [1.807, 2.05) is 0 Å². The SMILES string of the molecule is CNS(=O)(=O)c1ccc(C(=O)N(C)C(C)(C)C(=O)O)cc1. The van der Waals surface area contributed by atoms with E-state index in [0.717, 1.165) is 4.90 Å². The molecule has 0 saturated heterocycles. The first-order valence-corrected chi connectivity index (χ1v) is 7.57. The van der Waals surface area contributed by atoms with Crippen LogP contribution in [0.25, 0.3) is 0 Å². The van der Waals surface area contributed by atoms with E-state index < -0.39 is 27.4 Å². The smallest absolute Gasteiger partial charge is 0.329 e. The quantitative estimate of drug-likeness (QED) is 0.825. The van der Waals surface area contributed by atoms with Crippen LogP contribution in [-0.2, 0) is 14.8 Å². The van der Waals surface area contributed by atoms with Crippen LogP contribution in [0.2, 0.25) is 0 Å². The Bertz CT molecular complexity index is 650. The number of nitrogens with one attached hydrogen (secondary N) is 1. The number of nitrogens with zero attached hydrogens (tertiary/aromatic N) is 1. The Labute approximate surface area is 123 Å². The third-order valence-electron chi connectivity index (χ3n) is 3.35. The van der Waals surface area contributed by atoms with Crippen LogP contribution in [-0.4, -0.2) is 49.9 Å². The monoisotopic (exact) mass is 314 g/mol. The predicted molar refractivity (Wildman–Crippen MR) is 76.5 cm³/mol. The topological polar surface area (TPSA) is 104 Å². The van der Waals surface area contributed by atoms with Gasteiger partial charge in [-0.2, -0.15) is 0 Å². The van der Waals surface area contributed by atoms with Gasteiger partial charge in [0.25, 0.3) is 5.91 Å². The third kappa shape index (κ3) is 3.40. The van der Waals surface area contributed by atoms with Gasteiger partial charge in [-0.25, -0.2) is 17.9 Å². The molecule has 21 heavy (non-hydrogen) atoms. The maximum Gasteiger partial charge on any atom is 0.329 e. The molecule has 0 spiro atoms. The number of carbonyl (C=O) groups is 2. The minimum atomic E-state index is -3.57. The Hall–Kier alpha value is -1.93. The summed E-state index contributed by atoms with van der Waals surface area (Å²) >= 11 is 0. The van der Waals surface area contributed by atoms with Gasteiger partial charge in [0.05, 0.1) is 4.90 Å². The van der Waals surface area contributed by atoms with Gasteiger partial charge in [0.1, 0.15) is 5.54 Å². The van der Waals surface area contributed by atoms with Crippen molar-refractivity contribution in [1.82, 2.24) is 9.62 Å². The Balaban J connectivity index is 3.08. The molecular formula is C13H18N2O5S. The molecule has 1 aromatic carbocycles. The van der Waals surface area contributed by atoms with Crippen molar-refractivity contribution in [2.75, 3.05) is 14.1 Å². The number of rotatable bonds is 5. The van der Waals surface area contributed by atoms with E-state index in [1.165, 1.54) is 52.2 Å². The van der Waals surface area contributed by atoms with E-state index in [9.17, 15) is 18.0 Å². The van der Waals surface area contributed by atoms with Gasteiger partial charge in [0.2, 0.25) is 10.0 Å². The van der Waals surface area contributed by atoms with E-state index in [4.69, 9.17) is 5.11 Å². The number of amides is 1. The summed E-state index contributed by atoms with van der Waals surface area (Å²) in [5, 5.41) is 9.11. The minimum Gasteiger partial charge on any atom is -0.480 e. The fraction of sp³-hybridized carbons (Fsp3) is 0.385. The summed E-state index contributed by atoms with van der Waals surface area (Å²) in [6, 6.07) is 5.28. The van der Waals surface area contributed by atoms with Crippen LogP contribution in [0.4, 0.5) is 0 Å². The average Bonchev–Trinajstić information content (AvgIpc) is 2.45. The van der Waals surface area contributed by atoms with Crippen LogP contribution in [0, 0.1) is 0 Å². The average molecular weight is 314 g/mol. The summed E-state index contributed by atoms with van der Waals surface area (Å²) < 4.78 is 25.3. The molecule has 1 amide bonds. The molecule has 0 aromatic heterocycles. The molecule has 7 nitrogen and oxygen atoms in total. The number of aliphatic carboxylic acids is 1. The second-order valence-corrected chi connectivity index (χ2v) is 6.85. The molecule has 0 fully saturated rings. The molecule has 0 saturated carbocycles. The van der Waals surface area contributed by atoms with Crippen LogP contribution in [0.3, 0.4) is 0 Å². The Morgan fingerprint density at radius 1 is 1.19 bits per heavy atom. The summed E-state index contributed by atoms with van der Waals surface area (Å²) in [7, 11) is -0.899. The minimum absolute atomic E-state index is 0.0293. The van der Waals surface area contributed by atoms with Gasteiger partial charge in [0, 0.05) is 12.6 Å². The molecule has 1 rings (SSSR count). The molecule has 2 N–H and O–H groups in total. The Morgan fingerprint density at radius 3 is 2.05 bits per heavy atom. The molecule has 0 radical (unpaired) electrons. The second kappa shape index (κ2) is 5.82. The van der Waals surface area contributed by atoms with Crippen molar-refractivity contribution in [1.29, 1.82) is 0 Å². The molecule has 0 unspecified atom stereocenters. The van der Waals surface area contributed by atoms with Gasteiger partial charge >= 0.3 is 5.97 Å². The van der Waals surface area contributed by atoms with Crippen molar-refractivity contribution in [3.63, 3.8) is 0 Å². The number of carboxylic acids is 1. The van der Waals surface area contributed by atoms with Crippen molar-refractivity contribution in [3.05, 3.63) is 29.8 Å². The highest BCUT2D eigenvalue weighted by molar-refractivity contribution is 7.89. The third-order valence-corrected chi connectivity index (χ3v) is 4.78. The predicted octanol–water partition coefficient (Wildman–Crippen LogP) is 0.530. The van der Waals surface area contributed by atoms with Crippen molar-refractivity contribution in [2.45, 2.75) is 24.3 Å². The first-order valence-electron chi connectivity index (χ1n) is 6.09. The summed E-state index contributed by atoms with van der Waals surface area (Å²) in [5.74, 6) is -1.64. The second-order valence-electron chi connectivity index (χ2n) is 4.96. The molecule has 8 heteroatoms. The Morgan fingerprint density at radius 2 is 1.67 bits per heavy atom. The van der Waals surface area contributed by atoms with Crippen LogP contribution < -0.4 is 4.72 Å². The Kier molecular flexibility index (Phi) is 4.75. The molecule has 0 atom stereocenters. The number of sulfonamides is 1. The highest BCUT2D eigenvalue weighted by Gasteiger charge is 2.35. The number of hydrogen-bond acceptors (Lipinski definition) is 4. The first-order chi connectivity index (χ1) is 9.54. The highest BCUT2D eigenvalue weighted by atomic mass is 32.2. The zero-order valence-electron chi connectivity index (χ0n) is 12.2. The van der Waals surface area contributed by atoms with Crippen molar-refractivity contribution in [2.24, 2.45) is 0 Å². The number of benzene rings is 1. The lowest BCUT2D eigenvalue weighted by Crippen LogP contribution is -2.50. The van der Waals surface area contributed by atoms with Gasteiger partial charge in [0.15, 0.2) is 0 Å². The fourth-order valence-corrected chi connectivity index (χ4v) is 2.22. The number of carboxylic acid groups (broad SMARTS) is 1. The van der Waals surface area contributed by atoms with Crippen LogP contribution in [0.15, 0.2) is 29.2 Å². The lowest BCUT2D eigenvalue weighted by atomic mass is 10.0. The maximum atomic E-state index is 12.2. The van der Waals surface area contributed by atoms with Gasteiger partial charge in [-0.1, -0.05) is 0 Å². The normalized spacial score (nSPS) is 12.0. The zero-order valence-corrected chi connectivity index (χ0v) is 13.1. The van der Waals surface area contributed by atoms with Gasteiger partial charge < -0.3 is 10.0 Å². The maximum absolute atomic E-state index is 12.2. The lowest BCUT2D eigenvalue weighted by molar-refractivity contribution is -0.147. The molecule has 1 aromatic rings. The fourth-order valence-electron chi connectivity index (χ4n) is 1.49. The number of likely N-dealkylation sites (N-methyl/N-ethyl adjacent to an activating group) is 1. The van der Waals surface area contributed by atoms with Crippen molar-refractivity contribution < 1.29 is 23.1 Å². The molecule has 0 aliphatic heterocycles. The molecular weight excluding hydrogens is 296 g/mol.